The molecule has 9 heteroatoms. The molecule has 2 aromatic rings. The van der Waals surface area contributed by atoms with Gasteiger partial charge in [-0.2, -0.15) is 5.26 Å². The van der Waals surface area contributed by atoms with Gasteiger partial charge in [-0.3, -0.25) is 14.6 Å². The average Bonchev–Trinajstić information content (AvgIpc) is 3.37. The van der Waals surface area contributed by atoms with Crippen LogP contribution in [0.2, 0.25) is 5.22 Å². The Kier molecular flexibility index (Phi) is 4.77. The lowest BCUT2D eigenvalue weighted by molar-refractivity contribution is -0.137. The minimum atomic E-state index is -0.459. The average molecular weight is 440 g/mol. The summed E-state index contributed by atoms with van der Waals surface area (Å²) < 4.78 is 5.73. The van der Waals surface area contributed by atoms with Crippen LogP contribution in [0.4, 0.5) is 4.79 Å². The lowest BCUT2D eigenvalue weighted by Crippen LogP contribution is -2.63. The Morgan fingerprint density at radius 3 is 2.71 bits per heavy atom. The van der Waals surface area contributed by atoms with Gasteiger partial charge in [-0.15, -0.1) is 0 Å². The Morgan fingerprint density at radius 1 is 1.19 bits per heavy atom. The highest BCUT2D eigenvalue weighted by atomic mass is 35.5. The summed E-state index contributed by atoms with van der Waals surface area (Å²) in [6, 6.07) is 11.8. The first kappa shape index (κ1) is 20.1. The molecule has 0 radical (unpaired) electrons. The van der Waals surface area contributed by atoms with Crippen molar-refractivity contribution in [1.29, 1.82) is 5.26 Å². The van der Waals surface area contributed by atoms with Crippen LogP contribution < -0.4 is 5.32 Å². The zero-order chi connectivity index (χ0) is 21.9. The minimum Gasteiger partial charge on any atom is -0.448 e. The molecule has 4 heterocycles. The predicted molar refractivity (Wildman–Crippen MR) is 112 cm³/mol. The van der Waals surface area contributed by atoms with E-state index >= 15 is 0 Å². The predicted octanol–water partition coefficient (Wildman–Crippen LogP) is 2.38. The van der Waals surface area contributed by atoms with E-state index in [1.165, 1.54) is 11.9 Å². The van der Waals surface area contributed by atoms with Gasteiger partial charge in [-0.05, 0) is 41.4 Å². The number of nitriles is 1. The maximum Gasteiger partial charge on any atom is 0.326 e. The second-order valence-corrected chi connectivity index (χ2v) is 8.66. The van der Waals surface area contributed by atoms with Crippen molar-refractivity contribution in [2.45, 2.75) is 24.2 Å². The van der Waals surface area contributed by atoms with Crippen LogP contribution in [-0.4, -0.2) is 65.9 Å². The number of hydrogen-bond donors (Lipinski definition) is 1. The van der Waals surface area contributed by atoms with Gasteiger partial charge in [-0.1, -0.05) is 12.1 Å². The fourth-order valence-corrected chi connectivity index (χ4v) is 5.67. The van der Waals surface area contributed by atoms with E-state index < -0.39 is 5.92 Å². The molecule has 5 rings (SSSR count). The highest BCUT2D eigenvalue weighted by Gasteiger charge is 2.61. The Balaban J connectivity index is 1.66. The van der Waals surface area contributed by atoms with Gasteiger partial charge >= 0.3 is 6.03 Å². The molecule has 1 aromatic heterocycles. The van der Waals surface area contributed by atoms with Gasteiger partial charge in [0.2, 0.25) is 5.91 Å². The molecule has 0 saturated carbocycles. The van der Waals surface area contributed by atoms with Gasteiger partial charge in [0.25, 0.3) is 0 Å². The van der Waals surface area contributed by atoms with Gasteiger partial charge < -0.3 is 14.6 Å². The molecule has 8 nitrogen and oxygen atoms in total. The molecule has 160 valence electrons. The molecule has 0 aliphatic carbocycles. The molecule has 1 aromatic carbocycles. The molecule has 3 aliphatic rings. The molecule has 3 fully saturated rings. The molecular formula is C22H22ClN5O3. The first-order chi connectivity index (χ1) is 14.9. The van der Waals surface area contributed by atoms with E-state index in [9.17, 15) is 14.9 Å². The second-order valence-electron chi connectivity index (χ2n) is 8.29. The van der Waals surface area contributed by atoms with Crippen molar-refractivity contribution in [2.24, 2.45) is 5.92 Å². The molecular weight excluding hydrogens is 418 g/mol. The van der Waals surface area contributed by atoms with Gasteiger partial charge in [0.1, 0.15) is 5.76 Å². The molecule has 3 amide bonds. The number of likely N-dealkylation sites (N-methyl/N-ethyl adjacent to an activating group) is 1. The molecule has 0 bridgehead atoms. The van der Waals surface area contributed by atoms with Crippen molar-refractivity contribution in [3.63, 3.8) is 0 Å². The van der Waals surface area contributed by atoms with Crippen LogP contribution in [0, 0.1) is 17.2 Å². The zero-order valence-corrected chi connectivity index (χ0v) is 17.9. The maximum absolute atomic E-state index is 13.4. The van der Waals surface area contributed by atoms with Crippen LogP contribution in [-0.2, 0) is 4.79 Å². The molecule has 3 aliphatic heterocycles. The van der Waals surface area contributed by atoms with Crippen molar-refractivity contribution in [3.8, 4) is 6.07 Å². The SMILES string of the molecule is CN1C(=O)C2C(C3C(c4ccc(Cl)o4)NCCN3C2c2cccc(C#N)c2)N(C)C1=O. The number of amides is 3. The zero-order valence-electron chi connectivity index (χ0n) is 17.2. The van der Waals surface area contributed by atoms with E-state index in [0.29, 0.717) is 29.6 Å². The monoisotopic (exact) mass is 439 g/mol. The normalized spacial score (nSPS) is 30.8. The lowest BCUT2D eigenvalue weighted by Gasteiger charge is -2.44. The van der Waals surface area contributed by atoms with Crippen LogP contribution in [0.1, 0.15) is 29.0 Å². The Morgan fingerprint density at radius 2 is 2.00 bits per heavy atom. The van der Waals surface area contributed by atoms with Gasteiger partial charge in [0.05, 0.1) is 35.7 Å². The minimum absolute atomic E-state index is 0.191. The number of nitrogens with one attached hydrogen (secondary N) is 1. The first-order valence-corrected chi connectivity index (χ1v) is 10.6. The summed E-state index contributed by atoms with van der Waals surface area (Å²) in [7, 11) is 3.27. The number of nitrogens with zero attached hydrogens (tertiary/aromatic N) is 4. The Hall–Kier alpha value is -2.86. The first-order valence-electron chi connectivity index (χ1n) is 10.2. The summed E-state index contributed by atoms with van der Waals surface area (Å²) in [5.41, 5.74) is 1.45. The van der Waals surface area contributed by atoms with E-state index in [4.69, 9.17) is 16.0 Å². The lowest BCUT2D eigenvalue weighted by atomic mass is 9.84. The highest BCUT2D eigenvalue weighted by Crippen LogP contribution is 2.50. The number of fused-ring (bicyclic) bond motifs is 3. The van der Waals surface area contributed by atoms with Crippen LogP contribution in [0.15, 0.2) is 40.8 Å². The summed E-state index contributed by atoms with van der Waals surface area (Å²) in [4.78, 5) is 31.4. The summed E-state index contributed by atoms with van der Waals surface area (Å²) in [6.07, 6.45) is 0. The van der Waals surface area contributed by atoms with Gasteiger partial charge in [0, 0.05) is 33.2 Å². The van der Waals surface area contributed by atoms with E-state index in [-0.39, 0.29) is 36.1 Å². The van der Waals surface area contributed by atoms with Crippen molar-refractivity contribution in [2.75, 3.05) is 27.2 Å². The number of furan rings is 1. The van der Waals surface area contributed by atoms with Crippen LogP contribution >= 0.6 is 11.6 Å². The fraction of sp³-hybridized carbons (Fsp3) is 0.409. The standard InChI is InChI=1S/C22H22ClN5O3/c1-26-19-16(21(29)27(2)22(26)30)18(13-5-3-4-12(10-13)11-24)28-9-8-25-17(20(19)28)14-6-7-15(23)31-14/h3-7,10,16-20,25H,8-9H2,1-2H3. The number of carbonyl (C=O) groups excluding carboxylic acids is 2. The number of halogens is 1. The molecule has 1 N–H and O–H groups in total. The molecule has 31 heavy (non-hydrogen) atoms. The van der Waals surface area contributed by atoms with Crippen molar-refractivity contribution < 1.29 is 14.0 Å². The van der Waals surface area contributed by atoms with Gasteiger partial charge in [0.15, 0.2) is 5.22 Å². The molecule has 5 unspecified atom stereocenters. The summed E-state index contributed by atoms with van der Waals surface area (Å²) in [5.74, 6) is 0.0164. The summed E-state index contributed by atoms with van der Waals surface area (Å²) >= 11 is 6.05. The third-order valence-corrected chi connectivity index (χ3v) is 6.99. The number of rotatable bonds is 2. The summed E-state index contributed by atoms with van der Waals surface area (Å²) in [5, 5.41) is 13.2. The molecule has 3 saturated heterocycles. The van der Waals surface area contributed by atoms with E-state index in [0.717, 1.165) is 5.56 Å². The van der Waals surface area contributed by atoms with Crippen LogP contribution in [0.3, 0.4) is 0 Å². The number of hydrogen-bond acceptors (Lipinski definition) is 6. The smallest absolute Gasteiger partial charge is 0.326 e. The van der Waals surface area contributed by atoms with E-state index in [2.05, 4.69) is 16.3 Å². The van der Waals surface area contributed by atoms with Crippen molar-refractivity contribution in [1.82, 2.24) is 20.0 Å². The highest BCUT2D eigenvalue weighted by molar-refractivity contribution is 6.28. The largest absolute Gasteiger partial charge is 0.448 e. The van der Waals surface area contributed by atoms with E-state index in [1.807, 2.05) is 24.3 Å². The van der Waals surface area contributed by atoms with Crippen molar-refractivity contribution in [3.05, 3.63) is 58.5 Å². The van der Waals surface area contributed by atoms with Crippen LogP contribution in [0.5, 0.6) is 0 Å². The maximum atomic E-state index is 13.4. The summed E-state index contributed by atoms with van der Waals surface area (Å²) in [6.45, 7) is 1.39. The van der Waals surface area contributed by atoms with Crippen molar-refractivity contribution >= 4 is 23.5 Å². The topological polar surface area (TPSA) is 92.8 Å². The van der Waals surface area contributed by atoms with E-state index in [1.54, 1.807) is 24.1 Å². The number of imide groups is 1. The third-order valence-electron chi connectivity index (χ3n) is 6.78. The second kappa shape index (κ2) is 7.38. The third kappa shape index (κ3) is 2.96. The van der Waals surface area contributed by atoms with Gasteiger partial charge in [-0.25, -0.2) is 4.79 Å². The number of carbonyl (C=O) groups is 2. The molecule has 5 atom stereocenters. The fourth-order valence-electron chi connectivity index (χ4n) is 5.52. The number of urea groups is 1. The number of benzene rings is 1. The molecule has 0 spiro atoms. The Labute approximate surface area is 184 Å². The number of piperazine rings is 1. The quantitative estimate of drug-likeness (QED) is 0.772. The Bertz CT molecular complexity index is 1090. The van der Waals surface area contributed by atoms with Crippen LogP contribution in [0.25, 0.3) is 0 Å².